The Morgan fingerprint density at radius 3 is 2.32 bits per heavy atom. The average Bonchev–Trinajstić information content (AvgIpc) is 3.06. The maximum Gasteiger partial charge on any atom is 0.330 e. The van der Waals surface area contributed by atoms with Crippen LogP contribution < -0.4 is 0 Å². The third-order valence-corrected chi connectivity index (χ3v) is 8.98. The predicted molar refractivity (Wildman–Crippen MR) is 89.0 cm³/mol. The Hall–Kier alpha value is -1.14. The van der Waals surface area contributed by atoms with E-state index in [0.29, 0.717) is 13.2 Å². The fourth-order valence-electron chi connectivity index (χ4n) is 2.02. The maximum atomic E-state index is 11.7. The molecule has 0 spiro atoms. The summed E-state index contributed by atoms with van der Waals surface area (Å²) in [6.45, 7) is 15.1. The fraction of sp³-hybridized carbons (Fsp3) is 0.750. The molecule has 1 fully saturated rings. The van der Waals surface area contributed by atoms with Gasteiger partial charge in [-0.1, -0.05) is 26.8 Å². The molecule has 0 aromatic rings. The lowest BCUT2D eigenvalue weighted by Gasteiger charge is -2.36. The lowest BCUT2D eigenvalue weighted by Crippen LogP contribution is -2.42. The first-order valence-corrected chi connectivity index (χ1v) is 10.7. The van der Waals surface area contributed by atoms with E-state index >= 15 is 0 Å². The normalized spacial score (nSPS) is 22.0. The predicted octanol–water partition coefficient (Wildman–Crippen LogP) is 2.73. The zero-order valence-corrected chi connectivity index (χ0v) is 15.8. The van der Waals surface area contributed by atoms with Crippen LogP contribution in [0.5, 0.6) is 0 Å². The van der Waals surface area contributed by atoms with Crippen LogP contribution in [-0.2, 0) is 18.8 Å². The van der Waals surface area contributed by atoms with Crippen LogP contribution in [0.2, 0.25) is 18.1 Å². The summed E-state index contributed by atoms with van der Waals surface area (Å²) >= 11 is 0. The lowest BCUT2D eigenvalue weighted by molar-refractivity contribution is -0.137. The highest BCUT2D eigenvalue weighted by Gasteiger charge is 2.49. The van der Waals surface area contributed by atoms with Gasteiger partial charge in [-0.25, -0.2) is 4.79 Å². The van der Waals surface area contributed by atoms with Gasteiger partial charge in [0.25, 0.3) is 0 Å². The Bertz CT molecular complexity index is 454. The van der Waals surface area contributed by atoms with Gasteiger partial charge < -0.3 is 14.1 Å². The van der Waals surface area contributed by atoms with E-state index in [1.807, 2.05) is 0 Å². The van der Waals surface area contributed by atoms with Crippen LogP contribution in [0, 0.1) is 0 Å². The lowest BCUT2D eigenvalue weighted by atomic mass is 10.2. The zero-order chi connectivity index (χ0) is 17.1. The smallest absolute Gasteiger partial charge is 0.330 e. The Kier molecular flexibility index (Phi) is 5.98. The Morgan fingerprint density at radius 1 is 1.27 bits per heavy atom. The highest BCUT2D eigenvalue weighted by atomic mass is 28.4. The van der Waals surface area contributed by atoms with Crippen LogP contribution >= 0.6 is 0 Å². The third kappa shape index (κ3) is 4.68. The minimum atomic E-state index is -1.83. The van der Waals surface area contributed by atoms with Gasteiger partial charge in [0.2, 0.25) is 5.91 Å². The van der Waals surface area contributed by atoms with Crippen LogP contribution in [0.3, 0.4) is 0 Å². The summed E-state index contributed by atoms with van der Waals surface area (Å²) in [6.07, 6.45) is 3.13. The molecule has 0 radical (unpaired) electrons. The van der Waals surface area contributed by atoms with E-state index in [1.165, 1.54) is 13.0 Å². The second-order valence-electron chi connectivity index (χ2n) is 7.17. The first kappa shape index (κ1) is 18.9. The molecular formula is C16H29NO4Si. The molecule has 2 atom stereocenters. The quantitative estimate of drug-likeness (QED) is 0.326. The molecule has 1 rings (SSSR count). The Morgan fingerprint density at radius 2 is 1.86 bits per heavy atom. The van der Waals surface area contributed by atoms with Gasteiger partial charge in [0, 0.05) is 13.0 Å². The van der Waals surface area contributed by atoms with Gasteiger partial charge in [0.1, 0.15) is 0 Å². The molecule has 126 valence electrons. The van der Waals surface area contributed by atoms with E-state index in [4.69, 9.17) is 9.16 Å². The molecule has 1 saturated heterocycles. The molecule has 0 unspecified atom stereocenters. The number of hydrogen-bond donors (Lipinski definition) is 0. The minimum absolute atomic E-state index is 0.00217. The monoisotopic (exact) mass is 327 g/mol. The fourth-order valence-corrected chi connectivity index (χ4v) is 3.04. The van der Waals surface area contributed by atoms with Crippen LogP contribution in [-0.4, -0.2) is 50.4 Å². The summed E-state index contributed by atoms with van der Waals surface area (Å²) in [5.74, 6) is -0.371. The van der Waals surface area contributed by atoms with Gasteiger partial charge in [-0.05, 0) is 25.1 Å². The molecule has 1 amide bonds. The number of esters is 1. The van der Waals surface area contributed by atoms with E-state index in [0.717, 1.165) is 0 Å². The molecule has 0 saturated carbocycles. The van der Waals surface area contributed by atoms with E-state index in [-0.39, 0.29) is 29.0 Å². The molecule has 22 heavy (non-hydrogen) atoms. The number of nitrogens with zero attached hydrogens (tertiary/aromatic N) is 1. The summed E-state index contributed by atoms with van der Waals surface area (Å²) in [6, 6.07) is -0.0380. The second-order valence-corrected chi connectivity index (χ2v) is 12.0. The van der Waals surface area contributed by atoms with Crippen LogP contribution in [0.4, 0.5) is 0 Å². The average molecular weight is 327 g/mol. The van der Waals surface area contributed by atoms with Crippen molar-refractivity contribution in [3.05, 3.63) is 12.2 Å². The van der Waals surface area contributed by atoms with Gasteiger partial charge in [-0.2, -0.15) is 0 Å². The molecule has 5 nitrogen and oxygen atoms in total. The first-order chi connectivity index (χ1) is 10.0. The van der Waals surface area contributed by atoms with Crippen LogP contribution in [0.25, 0.3) is 0 Å². The van der Waals surface area contributed by atoms with Crippen LogP contribution in [0.1, 0.15) is 34.6 Å². The maximum absolute atomic E-state index is 11.7. The number of rotatable bonds is 6. The SMILES string of the molecule is CCOC(=O)/C=C/[C@H]1[C@@H](CO[Si](C)(C)C(C)(C)C)N1C(C)=O. The molecule has 0 aromatic carbocycles. The van der Waals surface area contributed by atoms with Crippen molar-refractivity contribution < 1.29 is 18.8 Å². The second kappa shape index (κ2) is 6.96. The number of amides is 1. The van der Waals surface area contributed by atoms with E-state index in [2.05, 4.69) is 33.9 Å². The Labute approximate surface area is 134 Å². The largest absolute Gasteiger partial charge is 0.463 e. The number of carbonyl (C=O) groups is 2. The topological polar surface area (TPSA) is 55.6 Å². The summed E-state index contributed by atoms with van der Waals surface area (Å²) in [7, 11) is -1.83. The minimum Gasteiger partial charge on any atom is -0.463 e. The first-order valence-electron chi connectivity index (χ1n) is 7.79. The van der Waals surface area contributed by atoms with E-state index in [9.17, 15) is 9.59 Å². The highest BCUT2D eigenvalue weighted by Crippen LogP contribution is 2.38. The molecule has 1 heterocycles. The van der Waals surface area contributed by atoms with Crippen LogP contribution in [0.15, 0.2) is 12.2 Å². The van der Waals surface area contributed by atoms with Crippen molar-refractivity contribution in [2.45, 2.75) is 64.8 Å². The van der Waals surface area contributed by atoms with Crippen molar-refractivity contribution >= 4 is 20.2 Å². The zero-order valence-electron chi connectivity index (χ0n) is 14.8. The number of ether oxygens (including phenoxy) is 1. The molecule has 0 bridgehead atoms. The van der Waals surface area contributed by atoms with Gasteiger partial charge in [-0.3, -0.25) is 4.79 Å². The van der Waals surface area contributed by atoms with Gasteiger partial charge in [0.05, 0.1) is 25.3 Å². The van der Waals surface area contributed by atoms with Crippen molar-refractivity contribution in [1.82, 2.24) is 4.90 Å². The number of hydrogen-bond acceptors (Lipinski definition) is 4. The van der Waals surface area contributed by atoms with E-state index in [1.54, 1.807) is 17.9 Å². The standard InChI is InChI=1S/C16H29NO4Si/c1-8-20-15(19)10-9-13-14(17(13)12(2)18)11-21-22(6,7)16(3,4)5/h9-10,13-14H,8,11H2,1-7H3/b10-9+/t13-,14+,17?/m0/s1. The van der Waals surface area contributed by atoms with Gasteiger partial charge in [-0.15, -0.1) is 0 Å². The van der Waals surface area contributed by atoms with Crippen molar-refractivity contribution in [2.24, 2.45) is 0 Å². The number of carbonyl (C=O) groups excluding carboxylic acids is 2. The van der Waals surface area contributed by atoms with Gasteiger partial charge in [0.15, 0.2) is 8.32 Å². The third-order valence-electron chi connectivity index (χ3n) is 4.48. The molecule has 1 aliphatic heterocycles. The summed E-state index contributed by atoms with van der Waals surface area (Å²) in [5, 5.41) is 0.138. The highest BCUT2D eigenvalue weighted by molar-refractivity contribution is 6.74. The summed E-state index contributed by atoms with van der Waals surface area (Å²) < 4.78 is 11.0. The Balaban J connectivity index is 2.62. The summed E-state index contributed by atoms with van der Waals surface area (Å²) in [5.41, 5.74) is 0. The van der Waals surface area contributed by atoms with E-state index < -0.39 is 8.32 Å². The van der Waals surface area contributed by atoms with Crippen molar-refractivity contribution in [2.75, 3.05) is 13.2 Å². The molecule has 6 heteroatoms. The van der Waals surface area contributed by atoms with Crippen molar-refractivity contribution in [1.29, 1.82) is 0 Å². The molecule has 0 aliphatic carbocycles. The molecule has 0 N–H and O–H groups in total. The van der Waals surface area contributed by atoms with Gasteiger partial charge >= 0.3 is 5.97 Å². The molecular weight excluding hydrogens is 298 g/mol. The van der Waals surface area contributed by atoms with Crippen molar-refractivity contribution in [3.8, 4) is 0 Å². The summed E-state index contributed by atoms with van der Waals surface area (Å²) in [4.78, 5) is 24.8. The molecule has 0 aromatic heterocycles. The van der Waals surface area contributed by atoms with Crippen molar-refractivity contribution in [3.63, 3.8) is 0 Å². The molecule has 1 aliphatic rings.